The quantitative estimate of drug-likeness (QED) is 0.663. The zero-order chi connectivity index (χ0) is 16.9. The van der Waals surface area contributed by atoms with Crippen molar-refractivity contribution in [3.8, 4) is 5.75 Å². The predicted octanol–water partition coefficient (Wildman–Crippen LogP) is 3.69. The van der Waals surface area contributed by atoms with Crippen molar-refractivity contribution in [2.45, 2.75) is 0 Å². The van der Waals surface area contributed by atoms with Crippen molar-refractivity contribution in [1.29, 1.82) is 0 Å². The Bertz CT molecular complexity index is 821. The molecule has 3 aromatic rings. The van der Waals surface area contributed by atoms with E-state index in [2.05, 4.69) is 20.6 Å². The van der Waals surface area contributed by atoms with Crippen molar-refractivity contribution in [2.24, 2.45) is 0 Å². The number of hydrogen-bond acceptors (Lipinski definition) is 6. The summed E-state index contributed by atoms with van der Waals surface area (Å²) in [5.74, 6) is 1.36. The topological polar surface area (TPSA) is 85.1 Å². The molecule has 0 unspecified atom stereocenters. The van der Waals surface area contributed by atoms with Gasteiger partial charge >= 0.3 is 0 Å². The van der Waals surface area contributed by atoms with E-state index in [1.807, 2.05) is 24.3 Å². The molecule has 0 aliphatic rings. The van der Waals surface area contributed by atoms with Gasteiger partial charge in [0.2, 0.25) is 0 Å². The lowest BCUT2D eigenvalue weighted by molar-refractivity contribution is 0.415. The third kappa shape index (κ3) is 3.52. The van der Waals surface area contributed by atoms with Crippen molar-refractivity contribution in [2.75, 3.05) is 23.5 Å². The van der Waals surface area contributed by atoms with Gasteiger partial charge in [-0.05, 0) is 48.5 Å². The molecule has 0 atom stereocenters. The van der Waals surface area contributed by atoms with Gasteiger partial charge in [-0.2, -0.15) is 0 Å². The summed E-state index contributed by atoms with van der Waals surface area (Å²) >= 11 is 0. The number of nitrogens with zero attached hydrogens (tertiary/aromatic N) is 2. The molecule has 1 heterocycles. The summed E-state index contributed by atoms with van der Waals surface area (Å²) in [6.45, 7) is 0. The van der Waals surface area contributed by atoms with E-state index >= 15 is 0 Å². The summed E-state index contributed by atoms with van der Waals surface area (Å²) in [7, 11) is 1.61. The van der Waals surface area contributed by atoms with Gasteiger partial charge < -0.3 is 21.1 Å². The molecule has 0 fully saturated rings. The number of benzene rings is 2. The van der Waals surface area contributed by atoms with E-state index in [4.69, 9.17) is 10.5 Å². The maximum atomic E-state index is 13.0. The first kappa shape index (κ1) is 15.5. The van der Waals surface area contributed by atoms with Gasteiger partial charge in [-0.1, -0.05) is 0 Å². The molecule has 2 aromatic carbocycles. The minimum absolute atomic E-state index is 0.307. The highest BCUT2D eigenvalue weighted by atomic mass is 19.1. The number of ether oxygens (including phenoxy) is 1. The summed E-state index contributed by atoms with van der Waals surface area (Å²) in [6.07, 6.45) is 1.40. The molecule has 6 nitrogen and oxygen atoms in total. The van der Waals surface area contributed by atoms with E-state index in [-0.39, 0.29) is 5.82 Å². The van der Waals surface area contributed by atoms with Crippen LogP contribution < -0.4 is 21.1 Å². The second-order valence-electron chi connectivity index (χ2n) is 4.97. The Morgan fingerprint density at radius 3 is 1.88 bits per heavy atom. The molecular formula is C17H16FN5O. The average molecular weight is 325 g/mol. The summed E-state index contributed by atoms with van der Waals surface area (Å²) in [5.41, 5.74) is 7.97. The minimum atomic E-state index is -0.307. The fraction of sp³-hybridized carbons (Fsp3) is 0.0588. The number of methoxy groups -OCH3 is 1. The zero-order valence-corrected chi connectivity index (χ0v) is 13.0. The van der Waals surface area contributed by atoms with Crippen molar-refractivity contribution >= 4 is 28.7 Å². The fourth-order valence-corrected chi connectivity index (χ4v) is 2.08. The molecule has 4 N–H and O–H groups in total. The van der Waals surface area contributed by atoms with Crippen LogP contribution in [0.5, 0.6) is 5.75 Å². The molecule has 3 rings (SSSR count). The van der Waals surface area contributed by atoms with E-state index in [0.717, 1.165) is 11.4 Å². The third-order valence-corrected chi connectivity index (χ3v) is 3.34. The number of halogens is 1. The van der Waals surface area contributed by atoms with Gasteiger partial charge in [-0.15, -0.1) is 0 Å². The Hall–Kier alpha value is -3.35. The molecule has 0 amide bonds. The van der Waals surface area contributed by atoms with Gasteiger partial charge in [0.05, 0.1) is 7.11 Å². The third-order valence-electron chi connectivity index (χ3n) is 3.34. The van der Waals surface area contributed by atoms with Crippen LogP contribution in [-0.2, 0) is 0 Å². The molecule has 0 saturated carbocycles. The van der Waals surface area contributed by atoms with Crippen LogP contribution in [0.1, 0.15) is 0 Å². The van der Waals surface area contributed by atoms with E-state index < -0.39 is 0 Å². The molecule has 0 aliphatic heterocycles. The van der Waals surface area contributed by atoms with Gasteiger partial charge in [0.25, 0.3) is 0 Å². The highest BCUT2D eigenvalue weighted by Crippen LogP contribution is 2.28. The van der Waals surface area contributed by atoms with E-state index in [9.17, 15) is 4.39 Å². The molecule has 0 spiro atoms. The number of hydrogen-bond donors (Lipinski definition) is 3. The highest BCUT2D eigenvalue weighted by Gasteiger charge is 2.09. The molecule has 122 valence electrons. The van der Waals surface area contributed by atoms with Crippen LogP contribution in [0.2, 0.25) is 0 Å². The summed E-state index contributed by atoms with van der Waals surface area (Å²) in [5, 5.41) is 6.17. The SMILES string of the molecule is COc1ccc(Nc2ncnc(Nc3ccc(F)cc3)c2N)cc1. The second kappa shape index (κ2) is 6.82. The first-order valence-corrected chi connectivity index (χ1v) is 7.20. The molecule has 0 saturated heterocycles. The van der Waals surface area contributed by atoms with Crippen LogP contribution in [0.25, 0.3) is 0 Å². The van der Waals surface area contributed by atoms with Crippen molar-refractivity contribution in [3.63, 3.8) is 0 Å². The van der Waals surface area contributed by atoms with Crippen LogP contribution in [0.3, 0.4) is 0 Å². The van der Waals surface area contributed by atoms with Gasteiger partial charge in [0, 0.05) is 11.4 Å². The van der Waals surface area contributed by atoms with Crippen LogP contribution >= 0.6 is 0 Å². The fourth-order valence-electron chi connectivity index (χ4n) is 2.08. The Kier molecular flexibility index (Phi) is 4.42. The summed E-state index contributed by atoms with van der Waals surface area (Å²) in [4.78, 5) is 8.28. The lowest BCUT2D eigenvalue weighted by atomic mass is 10.3. The maximum Gasteiger partial charge on any atom is 0.159 e. The van der Waals surface area contributed by atoms with Crippen molar-refractivity contribution in [3.05, 3.63) is 60.7 Å². The minimum Gasteiger partial charge on any atom is -0.497 e. The average Bonchev–Trinajstić information content (AvgIpc) is 2.61. The predicted molar refractivity (Wildman–Crippen MR) is 92.4 cm³/mol. The number of nitrogens with one attached hydrogen (secondary N) is 2. The summed E-state index contributed by atoms with van der Waals surface area (Å²) in [6, 6.07) is 13.3. The van der Waals surface area contributed by atoms with Gasteiger partial charge in [0.15, 0.2) is 11.6 Å². The standard InChI is InChI=1S/C17H16FN5O/c1-24-14-8-6-13(7-9-14)23-17-15(19)16(20-10-21-17)22-12-4-2-11(18)3-5-12/h2-10H,19H2,1H3,(H2,20,21,22,23). The summed E-state index contributed by atoms with van der Waals surface area (Å²) < 4.78 is 18.1. The molecular weight excluding hydrogens is 309 g/mol. The number of nitrogen functional groups attached to an aromatic ring is 1. The second-order valence-corrected chi connectivity index (χ2v) is 4.97. The number of rotatable bonds is 5. The normalized spacial score (nSPS) is 10.2. The highest BCUT2D eigenvalue weighted by molar-refractivity contribution is 5.80. The van der Waals surface area contributed by atoms with Gasteiger partial charge in [-0.3, -0.25) is 0 Å². The number of nitrogens with two attached hydrogens (primary N) is 1. The monoisotopic (exact) mass is 325 g/mol. The molecule has 24 heavy (non-hydrogen) atoms. The zero-order valence-electron chi connectivity index (χ0n) is 13.0. The van der Waals surface area contributed by atoms with Gasteiger partial charge in [-0.25, -0.2) is 14.4 Å². The number of anilines is 5. The van der Waals surface area contributed by atoms with Crippen molar-refractivity contribution in [1.82, 2.24) is 9.97 Å². The van der Waals surface area contributed by atoms with Crippen LogP contribution in [0, 0.1) is 5.82 Å². The van der Waals surface area contributed by atoms with Crippen LogP contribution in [0.4, 0.5) is 33.1 Å². The number of aromatic nitrogens is 2. The largest absolute Gasteiger partial charge is 0.497 e. The Labute approximate surface area is 138 Å². The van der Waals surface area contributed by atoms with Crippen LogP contribution in [-0.4, -0.2) is 17.1 Å². The first-order chi connectivity index (χ1) is 11.7. The lowest BCUT2D eigenvalue weighted by Crippen LogP contribution is -2.05. The smallest absolute Gasteiger partial charge is 0.159 e. The van der Waals surface area contributed by atoms with Gasteiger partial charge in [0.1, 0.15) is 23.6 Å². The molecule has 0 radical (unpaired) electrons. The molecule has 0 bridgehead atoms. The Morgan fingerprint density at radius 1 is 0.875 bits per heavy atom. The van der Waals surface area contributed by atoms with Crippen LogP contribution in [0.15, 0.2) is 54.9 Å². The Morgan fingerprint density at radius 2 is 1.38 bits per heavy atom. The van der Waals surface area contributed by atoms with E-state index in [1.165, 1.54) is 18.5 Å². The van der Waals surface area contributed by atoms with Crippen molar-refractivity contribution < 1.29 is 9.13 Å². The molecule has 1 aromatic heterocycles. The molecule has 0 aliphatic carbocycles. The van der Waals surface area contributed by atoms with E-state index in [1.54, 1.807) is 19.2 Å². The lowest BCUT2D eigenvalue weighted by Gasteiger charge is -2.12. The van der Waals surface area contributed by atoms with E-state index in [0.29, 0.717) is 23.0 Å². The molecule has 7 heteroatoms. The maximum absolute atomic E-state index is 13.0. The first-order valence-electron chi connectivity index (χ1n) is 7.20. The Balaban J connectivity index is 1.80.